The third-order valence-electron chi connectivity index (χ3n) is 4.03. The summed E-state index contributed by atoms with van der Waals surface area (Å²) in [5.41, 5.74) is -2.17. The van der Waals surface area contributed by atoms with Crippen LogP contribution >= 0.6 is 0 Å². The molecular formula is C19H21F4N3O3. The molecule has 0 N–H and O–H groups in total. The molecule has 10 heteroatoms. The Morgan fingerprint density at radius 3 is 2.41 bits per heavy atom. The molecular weight excluding hydrogens is 394 g/mol. The highest BCUT2D eigenvalue weighted by Crippen LogP contribution is 2.27. The molecule has 0 fully saturated rings. The highest BCUT2D eigenvalue weighted by atomic mass is 19.4. The molecule has 6 nitrogen and oxygen atoms in total. The van der Waals surface area contributed by atoms with Crippen LogP contribution in [-0.4, -0.2) is 47.4 Å². The summed E-state index contributed by atoms with van der Waals surface area (Å²) in [7, 11) is 0. The minimum atomic E-state index is -4.57. The molecule has 2 unspecified atom stereocenters. The zero-order valence-corrected chi connectivity index (χ0v) is 16.3. The molecule has 29 heavy (non-hydrogen) atoms. The number of rotatable bonds is 4. The van der Waals surface area contributed by atoms with E-state index in [1.54, 1.807) is 20.8 Å². The van der Waals surface area contributed by atoms with Gasteiger partial charge in [0.05, 0.1) is 11.6 Å². The maximum Gasteiger partial charge on any atom is 0.432 e. The van der Waals surface area contributed by atoms with Gasteiger partial charge in [-0.3, -0.25) is 14.7 Å². The Morgan fingerprint density at radius 2 is 1.93 bits per heavy atom. The first kappa shape index (κ1) is 22.5. The van der Waals surface area contributed by atoms with Crippen LogP contribution in [0, 0.1) is 11.9 Å². The maximum atomic E-state index is 14.0. The number of allylic oxidation sites excluding steroid dienone is 1. The molecule has 0 saturated heterocycles. The number of alkyl halides is 3. The van der Waals surface area contributed by atoms with E-state index < -0.39 is 41.5 Å². The molecule has 1 aromatic rings. The van der Waals surface area contributed by atoms with Gasteiger partial charge in [-0.25, -0.2) is 9.78 Å². The van der Waals surface area contributed by atoms with Crippen LogP contribution in [-0.2, 0) is 4.74 Å². The number of anilines is 1. The van der Waals surface area contributed by atoms with E-state index in [0.29, 0.717) is 0 Å². The predicted octanol–water partition coefficient (Wildman–Crippen LogP) is 4.35. The zero-order valence-electron chi connectivity index (χ0n) is 16.3. The first-order chi connectivity index (χ1) is 13.3. The summed E-state index contributed by atoms with van der Waals surface area (Å²) in [6.07, 6.45) is -3.00. The van der Waals surface area contributed by atoms with Gasteiger partial charge in [-0.1, -0.05) is 6.08 Å². The van der Waals surface area contributed by atoms with Crippen LogP contribution in [0.2, 0.25) is 0 Å². The number of aldehydes is 1. The second-order valence-electron chi connectivity index (χ2n) is 7.53. The molecule has 2 rings (SSSR count). The van der Waals surface area contributed by atoms with Gasteiger partial charge in [-0.2, -0.15) is 17.6 Å². The summed E-state index contributed by atoms with van der Waals surface area (Å²) in [5, 5.41) is 0. The highest BCUT2D eigenvalue weighted by molar-refractivity contribution is 6.00. The lowest BCUT2D eigenvalue weighted by Gasteiger charge is -2.31. The molecule has 0 spiro atoms. The number of dihydropyridines is 1. The third-order valence-corrected chi connectivity index (χ3v) is 4.03. The Bertz CT molecular complexity index is 844. The lowest BCUT2D eigenvalue weighted by atomic mass is 9.96. The van der Waals surface area contributed by atoms with Crippen molar-refractivity contribution < 1.29 is 31.9 Å². The Labute approximate surface area is 165 Å². The van der Waals surface area contributed by atoms with Gasteiger partial charge in [-0.15, -0.1) is 0 Å². The van der Waals surface area contributed by atoms with Gasteiger partial charge in [0, 0.05) is 12.5 Å². The van der Waals surface area contributed by atoms with Crippen LogP contribution in [0.4, 0.5) is 28.2 Å². The molecule has 1 aliphatic rings. The number of carbonyl (C=O) groups is 2. The van der Waals surface area contributed by atoms with E-state index in [-0.39, 0.29) is 24.2 Å². The first-order valence-corrected chi connectivity index (χ1v) is 8.77. The smallest absolute Gasteiger partial charge is 0.432 e. The van der Waals surface area contributed by atoms with Crippen LogP contribution < -0.4 is 4.90 Å². The SMILES string of the molecule is CC1N=C(C(F)(F)F)C=CC1CN(C(=O)OC(C)(C)C)c1ccc(C=O)c(F)n1. The van der Waals surface area contributed by atoms with Gasteiger partial charge in [0.1, 0.15) is 17.1 Å². The second kappa shape index (κ2) is 8.30. The number of pyridine rings is 1. The normalized spacial score (nSPS) is 19.5. The Kier molecular flexibility index (Phi) is 6.44. The minimum absolute atomic E-state index is 0.131. The van der Waals surface area contributed by atoms with Crippen LogP contribution in [0.3, 0.4) is 0 Å². The van der Waals surface area contributed by atoms with Crippen molar-refractivity contribution >= 4 is 23.9 Å². The number of carbonyl (C=O) groups excluding carboxylic acids is 2. The third kappa shape index (κ3) is 5.85. The number of ether oxygens (including phenoxy) is 1. The first-order valence-electron chi connectivity index (χ1n) is 8.77. The summed E-state index contributed by atoms with van der Waals surface area (Å²) in [6.45, 7) is 6.24. The largest absolute Gasteiger partial charge is 0.443 e. The van der Waals surface area contributed by atoms with Gasteiger partial charge >= 0.3 is 12.3 Å². The van der Waals surface area contributed by atoms with Crippen molar-refractivity contribution in [3.05, 3.63) is 35.8 Å². The number of aliphatic imine (C=N–C) groups is 1. The maximum absolute atomic E-state index is 14.0. The number of amides is 1. The average Bonchev–Trinajstić information content (AvgIpc) is 2.58. The van der Waals surface area contributed by atoms with Gasteiger partial charge in [0.2, 0.25) is 5.95 Å². The van der Waals surface area contributed by atoms with E-state index in [9.17, 15) is 27.2 Å². The fourth-order valence-corrected chi connectivity index (χ4v) is 2.58. The number of nitrogens with zero attached hydrogens (tertiary/aromatic N) is 3. The number of hydrogen-bond donors (Lipinski definition) is 0. The summed E-state index contributed by atoms with van der Waals surface area (Å²) in [6, 6.07) is 1.63. The van der Waals surface area contributed by atoms with E-state index in [1.165, 1.54) is 19.1 Å². The van der Waals surface area contributed by atoms with Gasteiger partial charge in [0.25, 0.3) is 0 Å². The fraction of sp³-hybridized carbons (Fsp3) is 0.474. The Morgan fingerprint density at radius 1 is 1.28 bits per heavy atom. The Hall–Kier alpha value is -2.78. The lowest BCUT2D eigenvalue weighted by Crippen LogP contribution is -2.42. The van der Waals surface area contributed by atoms with E-state index in [1.807, 2.05) is 0 Å². The average molecular weight is 415 g/mol. The Balaban J connectivity index is 2.33. The molecule has 0 radical (unpaired) electrons. The van der Waals surface area contributed by atoms with Crippen molar-refractivity contribution in [3.63, 3.8) is 0 Å². The van der Waals surface area contributed by atoms with Gasteiger partial charge in [-0.05, 0) is 45.9 Å². The van der Waals surface area contributed by atoms with Crippen LogP contribution in [0.25, 0.3) is 0 Å². The van der Waals surface area contributed by atoms with Gasteiger partial charge in [0.15, 0.2) is 6.29 Å². The topological polar surface area (TPSA) is 71.9 Å². The second-order valence-corrected chi connectivity index (χ2v) is 7.53. The van der Waals surface area contributed by atoms with Crippen molar-refractivity contribution in [2.45, 2.75) is 45.5 Å². The molecule has 0 aliphatic carbocycles. The van der Waals surface area contributed by atoms with Crippen molar-refractivity contribution in [3.8, 4) is 0 Å². The monoisotopic (exact) mass is 415 g/mol. The van der Waals surface area contributed by atoms with E-state index >= 15 is 0 Å². The van der Waals surface area contributed by atoms with Crippen LogP contribution in [0.5, 0.6) is 0 Å². The summed E-state index contributed by atoms with van der Waals surface area (Å²) in [4.78, 5) is 31.8. The van der Waals surface area contributed by atoms with Crippen molar-refractivity contribution in [1.29, 1.82) is 0 Å². The fourth-order valence-electron chi connectivity index (χ4n) is 2.58. The minimum Gasteiger partial charge on any atom is -0.443 e. The lowest BCUT2D eigenvalue weighted by molar-refractivity contribution is -0.0583. The molecule has 0 saturated carbocycles. The highest BCUT2D eigenvalue weighted by Gasteiger charge is 2.37. The van der Waals surface area contributed by atoms with Crippen molar-refractivity contribution in [1.82, 2.24) is 4.98 Å². The van der Waals surface area contributed by atoms with E-state index in [0.717, 1.165) is 17.0 Å². The van der Waals surface area contributed by atoms with E-state index in [2.05, 4.69) is 9.98 Å². The standard InChI is InChI=1S/C19H21F4N3O3/c1-11-12(5-7-14(24-11)19(21,22)23)9-26(17(28)29-18(2,3)4)15-8-6-13(10-27)16(20)25-15/h5-8,10-12H,9H2,1-4H3. The summed E-state index contributed by atoms with van der Waals surface area (Å²) in [5.74, 6) is -1.80. The van der Waals surface area contributed by atoms with Gasteiger partial charge < -0.3 is 4.74 Å². The number of aromatic nitrogens is 1. The summed E-state index contributed by atoms with van der Waals surface area (Å²) >= 11 is 0. The zero-order chi connectivity index (χ0) is 22.0. The quantitative estimate of drug-likeness (QED) is 0.416. The van der Waals surface area contributed by atoms with Crippen molar-refractivity contribution in [2.24, 2.45) is 10.9 Å². The summed E-state index contributed by atoms with van der Waals surface area (Å²) < 4.78 is 57.8. The molecule has 0 aromatic carbocycles. The van der Waals surface area contributed by atoms with E-state index in [4.69, 9.17) is 4.74 Å². The number of hydrogen-bond acceptors (Lipinski definition) is 5. The van der Waals surface area contributed by atoms with Crippen LogP contribution in [0.15, 0.2) is 29.3 Å². The number of halogens is 4. The molecule has 2 heterocycles. The van der Waals surface area contributed by atoms with Crippen molar-refractivity contribution in [2.75, 3.05) is 11.4 Å². The molecule has 0 bridgehead atoms. The molecule has 1 aliphatic heterocycles. The van der Waals surface area contributed by atoms with Crippen LogP contribution in [0.1, 0.15) is 38.1 Å². The predicted molar refractivity (Wildman–Crippen MR) is 98.7 cm³/mol. The molecule has 1 aromatic heterocycles. The molecule has 2 atom stereocenters. The molecule has 1 amide bonds. The molecule has 158 valence electrons.